The predicted octanol–water partition coefficient (Wildman–Crippen LogP) is 2.64. The van der Waals surface area contributed by atoms with E-state index < -0.39 is 12.0 Å². The van der Waals surface area contributed by atoms with Crippen LogP contribution >= 0.6 is 27.5 Å². The Labute approximate surface area is 123 Å². The van der Waals surface area contributed by atoms with Gasteiger partial charge in [-0.25, -0.2) is 9.59 Å². The maximum absolute atomic E-state index is 11.8. The summed E-state index contributed by atoms with van der Waals surface area (Å²) < 4.78 is 0.594. The number of nitrogens with zero attached hydrogens (tertiary/aromatic N) is 1. The number of nitrogens with one attached hydrogen (secondary N) is 1. The van der Waals surface area contributed by atoms with Crippen LogP contribution in [0.25, 0.3) is 0 Å². The Hall–Kier alpha value is -1.27. The number of carboxylic acid groups (broad SMARTS) is 1. The van der Waals surface area contributed by atoms with Crippen molar-refractivity contribution in [3.05, 3.63) is 33.3 Å². The van der Waals surface area contributed by atoms with Gasteiger partial charge in [0.05, 0.1) is 5.02 Å². The van der Waals surface area contributed by atoms with Crippen LogP contribution in [0.1, 0.15) is 18.0 Å². The molecule has 1 unspecified atom stereocenters. The molecular formula is C12H12BrClN2O3. The molecule has 1 atom stereocenters. The molecule has 2 N–H and O–H groups in total. The molecule has 0 radical (unpaired) electrons. The molecule has 1 aromatic rings. The summed E-state index contributed by atoms with van der Waals surface area (Å²) in [7, 11) is 0. The second-order valence-electron chi connectivity index (χ2n) is 4.23. The van der Waals surface area contributed by atoms with Crippen LogP contribution in [0.3, 0.4) is 0 Å². The van der Waals surface area contributed by atoms with E-state index in [0.29, 0.717) is 28.1 Å². The third kappa shape index (κ3) is 3.19. The molecule has 1 fully saturated rings. The summed E-state index contributed by atoms with van der Waals surface area (Å²) >= 11 is 9.10. The van der Waals surface area contributed by atoms with Crippen LogP contribution in [0.15, 0.2) is 22.7 Å². The fraction of sp³-hybridized carbons (Fsp3) is 0.333. The van der Waals surface area contributed by atoms with Crippen molar-refractivity contribution < 1.29 is 14.7 Å². The van der Waals surface area contributed by atoms with Crippen molar-refractivity contribution in [2.24, 2.45) is 0 Å². The first-order valence-corrected chi connectivity index (χ1v) is 6.89. The molecule has 1 aliphatic heterocycles. The lowest BCUT2D eigenvalue weighted by Gasteiger charge is -2.32. The number of carboxylic acids is 1. The molecule has 1 saturated heterocycles. The largest absolute Gasteiger partial charge is 0.479 e. The van der Waals surface area contributed by atoms with E-state index in [2.05, 4.69) is 21.2 Å². The molecule has 1 aromatic carbocycles. The van der Waals surface area contributed by atoms with Crippen LogP contribution in [-0.4, -0.2) is 35.1 Å². The Morgan fingerprint density at radius 3 is 2.58 bits per heavy atom. The lowest BCUT2D eigenvalue weighted by atomic mass is 10.1. The SMILES string of the molecule is O=C(O)C(NC(=O)N1CCC1)c1ccc(Cl)c(Br)c1. The van der Waals surface area contributed by atoms with E-state index in [0.717, 1.165) is 6.42 Å². The number of carbonyl (C=O) groups is 2. The Kier molecular flexibility index (Phi) is 4.31. The molecule has 0 saturated carbocycles. The highest BCUT2D eigenvalue weighted by Gasteiger charge is 2.27. The summed E-state index contributed by atoms with van der Waals surface area (Å²) in [4.78, 5) is 24.6. The lowest BCUT2D eigenvalue weighted by molar-refractivity contribution is -0.139. The van der Waals surface area contributed by atoms with Crippen LogP contribution < -0.4 is 5.32 Å². The Balaban J connectivity index is 2.16. The highest BCUT2D eigenvalue weighted by Crippen LogP contribution is 2.26. The second kappa shape index (κ2) is 5.79. The number of amides is 2. The van der Waals surface area contributed by atoms with Gasteiger partial charge in [0, 0.05) is 17.6 Å². The van der Waals surface area contributed by atoms with Gasteiger partial charge in [0.1, 0.15) is 0 Å². The summed E-state index contributed by atoms with van der Waals surface area (Å²) in [6.45, 7) is 1.34. The molecule has 0 aromatic heterocycles. The number of urea groups is 1. The van der Waals surface area contributed by atoms with E-state index in [9.17, 15) is 14.7 Å². The molecule has 1 aliphatic rings. The highest BCUT2D eigenvalue weighted by atomic mass is 79.9. The minimum Gasteiger partial charge on any atom is -0.479 e. The molecular weight excluding hydrogens is 336 g/mol. The molecule has 102 valence electrons. The van der Waals surface area contributed by atoms with Crippen LogP contribution in [0.4, 0.5) is 4.79 Å². The Bertz CT molecular complexity index is 520. The van der Waals surface area contributed by atoms with Crippen LogP contribution in [0.5, 0.6) is 0 Å². The van der Waals surface area contributed by atoms with Gasteiger partial charge in [0.15, 0.2) is 6.04 Å². The van der Waals surface area contributed by atoms with Crippen molar-refractivity contribution in [1.29, 1.82) is 0 Å². The zero-order chi connectivity index (χ0) is 14.0. The molecule has 0 bridgehead atoms. The monoisotopic (exact) mass is 346 g/mol. The number of aliphatic carboxylic acids is 1. The topological polar surface area (TPSA) is 69.6 Å². The van der Waals surface area contributed by atoms with Gasteiger partial charge in [-0.05, 0) is 40.0 Å². The van der Waals surface area contributed by atoms with Gasteiger partial charge in [-0.3, -0.25) is 0 Å². The van der Waals surface area contributed by atoms with Gasteiger partial charge >= 0.3 is 12.0 Å². The van der Waals surface area contributed by atoms with Gasteiger partial charge in [-0.15, -0.1) is 0 Å². The summed E-state index contributed by atoms with van der Waals surface area (Å²) in [6.07, 6.45) is 0.956. The normalized spacial score (nSPS) is 15.6. The lowest BCUT2D eigenvalue weighted by Crippen LogP contribution is -2.49. The van der Waals surface area contributed by atoms with E-state index >= 15 is 0 Å². The maximum Gasteiger partial charge on any atom is 0.330 e. The van der Waals surface area contributed by atoms with Crippen LogP contribution in [0.2, 0.25) is 5.02 Å². The van der Waals surface area contributed by atoms with Gasteiger partial charge in [-0.2, -0.15) is 0 Å². The fourth-order valence-corrected chi connectivity index (χ4v) is 2.23. The number of halogens is 2. The zero-order valence-corrected chi connectivity index (χ0v) is 12.2. The molecule has 0 aliphatic carbocycles. The van der Waals surface area contributed by atoms with E-state index in [1.165, 1.54) is 0 Å². The van der Waals surface area contributed by atoms with Crippen molar-refractivity contribution in [1.82, 2.24) is 10.2 Å². The molecule has 2 rings (SSSR count). The fourth-order valence-electron chi connectivity index (χ4n) is 1.71. The van der Waals surface area contributed by atoms with E-state index in [1.807, 2.05) is 0 Å². The first-order valence-electron chi connectivity index (χ1n) is 5.72. The first kappa shape index (κ1) is 14.1. The third-order valence-corrected chi connectivity index (χ3v) is 4.15. The second-order valence-corrected chi connectivity index (χ2v) is 5.50. The molecule has 0 spiro atoms. The standard InChI is InChI=1S/C12H12BrClN2O3/c13-8-6-7(2-3-9(8)14)10(11(17)18)15-12(19)16-4-1-5-16/h2-3,6,10H,1,4-5H2,(H,15,19)(H,17,18). The molecule has 5 nitrogen and oxygen atoms in total. The van der Waals surface area contributed by atoms with Crippen LogP contribution in [0, 0.1) is 0 Å². The summed E-state index contributed by atoms with van der Waals surface area (Å²) in [5.41, 5.74) is 0.470. The van der Waals surface area contributed by atoms with Crippen molar-refractivity contribution >= 4 is 39.5 Å². The summed E-state index contributed by atoms with van der Waals surface area (Å²) in [5, 5.41) is 12.2. The van der Waals surface area contributed by atoms with Gasteiger partial charge in [0.25, 0.3) is 0 Å². The van der Waals surface area contributed by atoms with Gasteiger partial charge in [-0.1, -0.05) is 17.7 Å². The number of hydrogen-bond acceptors (Lipinski definition) is 2. The smallest absolute Gasteiger partial charge is 0.330 e. The highest BCUT2D eigenvalue weighted by molar-refractivity contribution is 9.10. The van der Waals surface area contributed by atoms with Crippen molar-refractivity contribution in [3.8, 4) is 0 Å². The zero-order valence-electron chi connectivity index (χ0n) is 9.90. The Morgan fingerprint density at radius 2 is 2.11 bits per heavy atom. The summed E-state index contributed by atoms with van der Waals surface area (Å²) in [6, 6.07) is 3.33. The first-order chi connectivity index (χ1) is 8.99. The number of carbonyl (C=O) groups excluding carboxylic acids is 1. The predicted molar refractivity (Wildman–Crippen MR) is 74.3 cm³/mol. The third-order valence-electron chi connectivity index (χ3n) is 2.94. The molecule has 2 amide bonds. The average molecular weight is 348 g/mol. The van der Waals surface area contributed by atoms with E-state index in [4.69, 9.17) is 11.6 Å². The van der Waals surface area contributed by atoms with E-state index in [-0.39, 0.29) is 6.03 Å². The van der Waals surface area contributed by atoms with Crippen LogP contribution in [-0.2, 0) is 4.79 Å². The Morgan fingerprint density at radius 1 is 1.42 bits per heavy atom. The van der Waals surface area contributed by atoms with Gasteiger partial charge in [0.2, 0.25) is 0 Å². The van der Waals surface area contributed by atoms with Crippen molar-refractivity contribution in [2.75, 3.05) is 13.1 Å². The number of likely N-dealkylation sites (tertiary alicyclic amines) is 1. The van der Waals surface area contributed by atoms with Gasteiger partial charge < -0.3 is 15.3 Å². The minimum absolute atomic E-state index is 0.357. The molecule has 7 heteroatoms. The molecule has 1 heterocycles. The number of hydrogen-bond donors (Lipinski definition) is 2. The average Bonchev–Trinajstić information content (AvgIpc) is 2.27. The minimum atomic E-state index is -1.11. The quantitative estimate of drug-likeness (QED) is 0.883. The van der Waals surface area contributed by atoms with E-state index in [1.54, 1.807) is 23.1 Å². The number of rotatable bonds is 3. The maximum atomic E-state index is 11.8. The van der Waals surface area contributed by atoms with Crippen molar-refractivity contribution in [3.63, 3.8) is 0 Å². The molecule has 19 heavy (non-hydrogen) atoms. The summed E-state index contributed by atoms with van der Waals surface area (Å²) in [5.74, 6) is -1.11. The van der Waals surface area contributed by atoms with Crippen molar-refractivity contribution in [2.45, 2.75) is 12.5 Å². The number of benzene rings is 1.